The fraction of sp³-hybridized carbons (Fsp3) is 0.500. The topological polar surface area (TPSA) is 38.0 Å². The van der Waals surface area contributed by atoms with E-state index in [1.165, 1.54) is 0 Å². The molecule has 4 heteroatoms. The number of hydrogen-bond donors (Lipinski definition) is 1. The third-order valence-electron chi connectivity index (χ3n) is 1.17. The maximum absolute atomic E-state index is 8.51. The van der Waals surface area contributed by atoms with Crippen LogP contribution in [0.1, 0.15) is 5.56 Å². The Bertz CT molecular complexity index is 199. The molecule has 10 heavy (non-hydrogen) atoms. The van der Waals surface area contributed by atoms with E-state index in [0.29, 0.717) is 12.4 Å². The van der Waals surface area contributed by atoms with Crippen molar-refractivity contribution in [3.05, 3.63) is 18.0 Å². The Labute approximate surface area is 64.2 Å². The zero-order valence-corrected chi connectivity index (χ0v) is 6.25. The first-order valence-corrected chi connectivity index (χ1v) is 3.58. The highest BCUT2D eigenvalue weighted by molar-refractivity contribution is 6.17. The average Bonchev–Trinajstić information content (AvgIpc) is 2.37. The molecule has 0 aromatic carbocycles. The predicted molar refractivity (Wildman–Crippen MR) is 38.9 cm³/mol. The van der Waals surface area contributed by atoms with Crippen molar-refractivity contribution in [1.29, 1.82) is 0 Å². The predicted octanol–water partition coefficient (Wildman–Crippen LogP) is 0.614. The highest BCUT2D eigenvalue weighted by Gasteiger charge is 1.94. The molecule has 0 saturated heterocycles. The van der Waals surface area contributed by atoms with E-state index in [0.717, 1.165) is 5.56 Å². The number of aliphatic hydroxyl groups is 1. The van der Waals surface area contributed by atoms with E-state index in [1.807, 2.05) is 6.20 Å². The van der Waals surface area contributed by atoms with Gasteiger partial charge in [0.25, 0.3) is 0 Å². The summed E-state index contributed by atoms with van der Waals surface area (Å²) in [6, 6.07) is 0. The lowest BCUT2D eigenvalue weighted by Gasteiger charge is -1.93. The molecule has 1 aromatic rings. The van der Waals surface area contributed by atoms with Gasteiger partial charge in [-0.15, -0.1) is 11.6 Å². The SMILES string of the molecule is OCCn1cc(CCl)cn1. The van der Waals surface area contributed by atoms with Gasteiger partial charge in [0.15, 0.2) is 0 Å². The summed E-state index contributed by atoms with van der Waals surface area (Å²) in [4.78, 5) is 0. The molecule has 0 amide bonds. The minimum atomic E-state index is 0.114. The normalized spacial score (nSPS) is 10.2. The van der Waals surface area contributed by atoms with Crippen molar-refractivity contribution >= 4 is 11.6 Å². The second-order valence-corrected chi connectivity index (χ2v) is 2.24. The lowest BCUT2D eigenvalue weighted by Crippen LogP contribution is -2.01. The Balaban J connectivity index is 2.59. The number of nitrogens with zero attached hydrogens (tertiary/aromatic N) is 2. The quantitative estimate of drug-likeness (QED) is 0.659. The summed E-state index contributed by atoms with van der Waals surface area (Å²) in [7, 11) is 0. The van der Waals surface area contributed by atoms with Gasteiger partial charge >= 0.3 is 0 Å². The summed E-state index contributed by atoms with van der Waals surface area (Å²) >= 11 is 5.52. The number of alkyl halides is 1. The highest BCUT2D eigenvalue weighted by atomic mass is 35.5. The molecular weight excluding hydrogens is 152 g/mol. The molecule has 0 spiro atoms. The Hall–Kier alpha value is -0.540. The molecule has 1 heterocycles. The van der Waals surface area contributed by atoms with Crippen LogP contribution in [-0.4, -0.2) is 21.5 Å². The second-order valence-electron chi connectivity index (χ2n) is 1.97. The number of aliphatic hydroxyl groups excluding tert-OH is 1. The van der Waals surface area contributed by atoms with Crippen molar-refractivity contribution in [3.63, 3.8) is 0 Å². The van der Waals surface area contributed by atoms with Crippen LogP contribution in [0.3, 0.4) is 0 Å². The standard InChI is InChI=1S/C6H9ClN2O/c7-3-6-4-8-9(5-6)1-2-10/h4-5,10H,1-3H2. The van der Waals surface area contributed by atoms with Crippen LogP contribution in [0.25, 0.3) is 0 Å². The minimum Gasteiger partial charge on any atom is -0.394 e. The fourth-order valence-electron chi connectivity index (χ4n) is 0.700. The van der Waals surface area contributed by atoms with Crippen LogP contribution < -0.4 is 0 Å². The molecule has 56 valence electrons. The van der Waals surface area contributed by atoms with Gasteiger partial charge in [0.2, 0.25) is 0 Å². The fourth-order valence-corrected chi connectivity index (χ4v) is 0.838. The van der Waals surface area contributed by atoms with E-state index in [4.69, 9.17) is 16.7 Å². The van der Waals surface area contributed by atoms with Crippen molar-refractivity contribution in [2.75, 3.05) is 6.61 Å². The van der Waals surface area contributed by atoms with Crippen LogP contribution in [0.2, 0.25) is 0 Å². The molecule has 1 rings (SSSR count). The van der Waals surface area contributed by atoms with Crippen LogP contribution in [-0.2, 0) is 12.4 Å². The van der Waals surface area contributed by atoms with E-state index in [2.05, 4.69) is 5.10 Å². The number of hydrogen-bond acceptors (Lipinski definition) is 2. The zero-order valence-electron chi connectivity index (χ0n) is 5.50. The van der Waals surface area contributed by atoms with Gasteiger partial charge in [0, 0.05) is 11.8 Å². The molecule has 0 saturated carbocycles. The van der Waals surface area contributed by atoms with Gasteiger partial charge in [0.1, 0.15) is 0 Å². The molecule has 0 aliphatic rings. The molecule has 0 aliphatic carbocycles. The minimum absolute atomic E-state index is 0.114. The summed E-state index contributed by atoms with van der Waals surface area (Å²) in [6.07, 6.45) is 3.52. The van der Waals surface area contributed by atoms with Crippen molar-refractivity contribution in [3.8, 4) is 0 Å². The van der Waals surface area contributed by atoms with E-state index >= 15 is 0 Å². The maximum Gasteiger partial charge on any atom is 0.0640 e. The molecule has 3 nitrogen and oxygen atoms in total. The third-order valence-corrected chi connectivity index (χ3v) is 1.48. The van der Waals surface area contributed by atoms with Gasteiger partial charge in [0.05, 0.1) is 25.2 Å². The molecule has 0 bridgehead atoms. The first-order chi connectivity index (χ1) is 4.86. The molecular formula is C6H9ClN2O. The van der Waals surface area contributed by atoms with Crippen LogP contribution in [0, 0.1) is 0 Å². The first kappa shape index (κ1) is 7.57. The van der Waals surface area contributed by atoms with E-state index in [9.17, 15) is 0 Å². The summed E-state index contributed by atoms with van der Waals surface area (Å²) in [5.41, 5.74) is 0.982. The van der Waals surface area contributed by atoms with Crippen LogP contribution in [0.4, 0.5) is 0 Å². The Morgan fingerprint density at radius 2 is 2.50 bits per heavy atom. The van der Waals surface area contributed by atoms with Crippen molar-refractivity contribution in [2.24, 2.45) is 0 Å². The van der Waals surface area contributed by atoms with Crippen LogP contribution in [0.5, 0.6) is 0 Å². The molecule has 0 fully saturated rings. The Kier molecular flexibility index (Phi) is 2.71. The molecule has 0 atom stereocenters. The van der Waals surface area contributed by atoms with Gasteiger partial charge in [-0.2, -0.15) is 5.10 Å². The Morgan fingerprint density at radius 1 is 1.70 bits per heavy atom. The van der Waals surface area contributed by atoms with Crippen molar-refractivity contribution in [1.82, 2.24) is 9.78 Å². The zero-order chi connectivity index (χ0) is 7.40. The summed E-state index contributed by atoms with van der Waals surface area (Å²) in [5.74, 6) is 0.478. The second kappa shape index (κ2) is 3.58. The summed E-state index contributed by atoms with van der Waals surface area (Å²) < 4.78 is 1.66. The van der Waals surface area contributed by atoms with Gasteiger partial charge < -0.3 is 5.11 Å². The molecule has 1 aromatic heterocycles. The van der Waals surface area contributed by atoms with Gasteiger partial charge in [-0.1, -0.05) is 0 Å². The van der Waals surface area contributed by atoms with E-state index in [-0.39, 0.29) is 6.61 Å². The maximum atomic E-state index is 8.51. The average molecular weight is 161 g/mol. The largest absolute Gasteiger partial charge is 0.394 e. The lowest BCUT2D eigenvalue weighted by atomic mass is 10.4. The molecule has 0 aliphatic heterocycles. The smallest absolute Gasteiger partial charge is 0.0640 e. The third kappa shape index (κ3) is 1.72. The Morgan fingerprint density at radius 3 is 3.00 bits per heavy atom. The van der Waals surface area contributed by atoms with E-state index in [1.54, 1.807) is 10.9 Å². The van der Waals surface area contributed by atoms with Gasteiger partial charge in [-0.3, -0.25) is 4.68 Å². The van der Waals surface area contributed by atoms with Gasteiger partial charge in [-0.25, -0.2) is 0 Å². The molecule has 1 N–H and O–H groups in total. The van der Waals surface area contributed by atoms with Crippen LogP contribution in [0.15, 0.2) is 12.4 Å². The summed E-state index contributed by atoms with van der Waals surface area (Å²) in [5, 5.41) is 12.5. The number of aromatic nitrogens is 2. The highest BCUT2D eigenvalue weighted by Crippen LogP contribution is 2.00. The monoisotopic (exact) mass is 160 g/mol. The molecule has 0 radical (unpaired) electrons. The molecule has 0 unspecified atom stereocenters. The lowest BCUT2D eigenvalue weighted by molar-refractivity contribution is 0.269. The first-order valence-electron chi connectivity index (χ1n) is 3.05. The summed E-state index contributed by atoms with van der Waals surface area (Å²) in [6.45, 7) is 0.653. The van der Waals surface area contributed by atoms with Crippen LogP contribution >= 0.6 is 11.6 Å². The van der Waals surface area contributed by atoms with E-state index < -0.39 is 0 Å². The number of rotatable bonds is 3. The number of halogens is 1. The van der Waals surface area contributed by atoms with Gasteiger partial charge in [-0.05, 0) is 0 Å². The van der Waals surface area contributed by atoms with Crippen molar-refractivity contribution in [2.45, 2.75) is 12.4 Å². The van der Waals surface area contributed by atoms with Crippen molar-refractivity contribution < 1.29 is 5.11 Å².